The first-order valence-corrected chi connectivity index (χ1v) is 7.92. The number of benzene rings is 1. The monoisotopic (exact) mass is 366 g/mol. The highest BCUT2D eigenvalue weighted by molar-refractivity contribution is 7.20. The molecule has 1 heterocycles. The molecule has 0 aliphatic heterocycles. The first-order valence-electron chi connectivity index (χ1n) is 5.91. The van der Waals surface area contributed by atoms with E-state index in [0.29, 0.717) is 25.9 Å². The summed E-state index contributed by atoms with van der Waals surface area (Å²) in [5, 5.41) is -0.504. The van der Waals surface area contributed by atoms with Crippen LogP contribution in [-0.4, -0.2) is 21.3 Å². The zero-order valence-corrected chi connectivity index (χ0v) is 14.7. The van der Waals surface area contributed by atoms with Crippen LogP contribution in [0.5, 0.6) is 17.2 Å². The molecular weight excluding hydrogens is 355 g/mol. The molecule has 3 nitrogen and oxygen atoms in total. The summed E-state index contributed by atoms with van der Waals surface area (Å²) >= 11 is 20.0. The quantitative estimate of drug-likeness (QED) is 0.661. The molecule has 0 saturated heterocycles. The first kappa shape index (κ1) is 16.6. The van der Waals surface area contributed by atoms with Gasteiger partial charge in [-0.3, -0.25) is 0 Å². The average molecular weight is 368 g/mol. The van der Waals surface area contributed by atoms with Crippen molar-refractivity contribution in [1.29, 1.82) is 0 Å². The number of ether oxygens (including phenoxy) is 3. The molecule has 114 valence electrons. The van der Waals surface area contributed by atoms with Gasteiger partial charge in [0.1, 0.15) is 0 Å². The maximum absolute atomic E-state index is 6.55. The minimum atomic E-state index is -0.504. The molecule has 1 atom stereocenters. The van der Waals surface area contributed by atoms with Gasteiger partial charge < -0.3 is 14.2 Å². The molecule has 0 aliphatic carbocycles. The minimum Gasteiger partial charge on any atom is -0.493 e. The fourth-order valence-corrected chi connectivity index (χ4v) is 4.01. The molecule has 0 bridgehead atoms. The van der Waals surface area contributed by atoms with Crippen molar-refractivity contribution < 1.29 is 14.2 Å². The Kier molecular flexibility index (Phi) is 5.49. The molecule has 0 spiro atoms. The Morgan fingerprint density at radius 2 is 1.62 bits per heavy atom. The Balaban J connectivity index is 2.55. The van der Waals surface area contributed by atoms with Crippen LogP contribution in [0.25, 0.3) is 0 Å². The van der Waals surface area contributed by atoms with E-state index in [-0.39, 0.29) is 0 Å². The van der Waals surface area contributed by atoms with E-state index in [0.717, 1.165) is 11.1 Å². The van der Waals surface area contributed by atoms with Crippen LogP contribution in [0, 0.1) is 0 Å². The molecule has 2 rings (SSSR count). The molecular formula is C14H13Cl3O3S. The second-order valence-electron chi connectivity index (χ2n) is 4.07. The smallest absolute Gasteiger partial charge is 0.203 e. The normalized spacial score (nSPS) is 12.1. The number of rotatable bonds is 5. The van der Waals surface area contributed by atoms with Gasteiger partial charge in [0, 0.05) is 11.1 Å². The van der Waals surface area contributed by atoms with Crippen molar-refractivity contribution in [2.24, 2.45) is 0 Å². The third kappa shape index (κ3) is 3.19. The lowest BCUT2D eigenvalue weighted by atomic mass is 10.0. The van der Waals surface area contributed by atoms with E-state index >= 15 is 0 Å². The molecule has 0 amide bonds. The molecule has 0 N–H and O–H groups in total. The van der Waals surface area contributed by atoms with Crippen LogP contribution in [0.1, 0.15) is 16.5 Å². The number of alkyl halides is 1. The third-order valence-corrected chi connectivity index (χ3v) is 4.95. The van der Waals surface area contributed by atoms with Crippen LogP contribution < -0.4 is 14.2 Å². The molecule has 0 aliphatic rings. The third-order valence-electron chi connectivity index (χ3n) is 2.96. The number of hydrogen-bond acceptors (Lipinski definition) is 4. The summed E-state index contributed by atoms with van der Waals surface area (Å²) in [7, 11) is 4.65. The molecule has 7 heteroatoms. The Hall–Kier alpha value is -0.810. The van der Waals surface area contributed by atoms with E-state index in [2.05, 4.69) is 0 Å². The van der Waals surface area contributed by atoms with Crippen molar-refractivity contribution in [3.8, 4) is 17.2 Å². The first-order chi connectivity index (χ1) is 10.0. The largest absolute Gasteiger partial charge is 0.493 e. The van der Waals surface area contributed by atoms with Gasteiger partial charge in [-0.1, -0.05) is 23.2 Å². The summed E-state index contributed by atoms with van der Waals surface area (Å²) in [5.74, 6) is 1.56. The average Bonchev–Trinajstić information content (AvgIpc) is 2.83. The maximum Gasteiger partial charge on any atom is 0.203 e. The van der Waals surface area contributed by atoms with E-state index in [1.54, 1.807) is 33.5 Å². The van der Waals surface area contributed by atoms with Crippen LogP contribution in [-0.2, 0) is 0 Å². The van der Waals surface area contributed by atoms with Gasteiger partial charge >= 0.3 is 0 Å². The highest BCUT2D eigenvalue weighted by Crippen LogP contribution is 2.48. The van der Waals surface area contributed by atoms with Crippen molar-refractivity contribution >= 4 is 46.1 Å². The van der Waals surface area contributed by atoms with Gasteiger partial charge in [0.25, 0.3) is 0 Å². The molecule has 0 radical (unpaired) electrons. The summed E-state index contributed by atoms with van der Waals surface area (Å²) in [5.41, 5.74) is 1.46. The zero-order valence-electron chi connectivity index (χ0n) is 11.6. The van der Waals surface area contributed by atoms with Gasteiger partial charge in [-0.15, -0.1) is 22.9 Å². The molecule has 1 aromatic heterocycles. The van der Waals surface area contributed by atoms with Crippen molar-refractivity contribution in [2.45, 2.75) is 5.38 Å². The molecule has 0 fully saturated rings. The van der Waals surface area contributed by atoms with Crippen molar-refractivity contribution in [3.05, 3.63) is 38.0 Å². The van der Waals surface area contributed by atoms with E-state index in [4.69, 9.17) is 49.0 Å². The summed E-state index contributed by atoms with van der Waals surface area (Å²) < 4.78 is 17.2. The van der Waals surface area contributed by atoms with Gasteiger partial charge in [-0.05, 0) is 18.2 Å². The number of hydrogen-bond donors (Lipinski definition) is 0. The molecule has 2 aromatic rings. The van der Waals surface area contributed by atoms with Gasteiger partial charge in [0.2, 0.25) is 5.75 Å². The highest BCUT2D eigenvalue weighted by Gasteiger charge is 2.24. The molecule has 21 heavy (non-hydrogen) atoms. The summed E-state index contributed by atoms with van der Waals surface area (Å²) in [6, 6.07) is 5.34. The van der Waals surface area contributed by atoms with Crippen LogP contribution in [0.3, 0.4) is 0 Å². The zero-order chi connectivity index (χ0) is 15.6. The Morgan fingerprint density at radius 1 is 0.952 bits per heavy atom. The highest BCUT2D eigenvalue weighted by atomic mass is 35.5. The van der Waals surface area contributed by atoms with Gasteiger partial charge in [0.05, 0.1) is 35.4 Å². The second-order valence-corrected chi connectivity index (χ2v) is 6.79. The summed E-state index contributed by atoms with van der Waals surface area (Å²) in [6.45, 7) is 0. The minimum absolute atomic E-state index is 0.487. The van der Waals surface area contributed by atoms with Gasteiger partial charge in [-0.2, -0.15) is 0 Å². The lowest BCUT2D eigenvalue weighted by Gasteiger charge is -2.18. The van der Waals surface area contributed by atoms with Gasteiger partial charge in [-0.25, -0.2) is 0 Å². The molecule has 1 aromatic carbocycles. The number of methoxy groups -OCH3 is 3. The topological polar surface area (TPSA) is 27.7 Å². The lowest BCUT2D eigenvalue weighted by molar-refractivity contribution is 0.322. The van der Waals surface area contributed by atoms with Crippen LogP contribution in [0.2, 0.25) is 8.67 Å². The van der Waals surface area contributed by atoms with Crippen LogP contribution >= 0.6 is 46.1 Å². The molecule has 1 unspecified atom stereocenters. The Labute approximate surface area is 142 Å². The van der Waals surface area contributed by atoms with Crippen molar-refractivity contribution in [2.75, 3.05) is 21.3 Å². The van der Waals surface area contributed by atoms with Gasteiger partial charge in [0.15, 0.2) is 11.5 Å². The summed E-state index contributed by atoms with van der Waals surface area (Å²) in [6.07, 6.45) is 0. The maximum atomic E-state index is 6.55. The van der Waals surface area contributed by atoms with E-state index in [1.807, 2.05) is 6.07 Å². The predicted molar refractivity (Wildman–Crippen MR) is 88.1 cm³/mol. The number of halogens is 3. The lowest BCUT2D eigenvalue weighted by Crippen LogP contribution is -2.01. The SMILES string of the molecule is COc1ccc(C(Cl)c2cc(Cl)sc2Cl)c(OC)c1OC. The van der Waals surface area contributed by atoms with E-state index < -0.39 is 5.38 Å². The molecule has 0 saturated carbocycles. The summed E-state index contributed by atoms with van der Waals surface area (Å²) in [4.78, 5) is 0. The number of thiophene rings is 1. The Bertz CT molecular complexity index is 643. The van der Waals surface area contributed by atoms with Crippen LogP contribution in [0.15, 0.2) is 18.2 Å². The van der Waals surface area contributed by atoms with E-state index in [9.17, 15) is 0 Å². The van der Waals surface area contributed by atoms with Crippen LogP contribution in [0.4, 0.5) is 0 Å². The predicted octanol–water partition coefficient (Wildman–Crippen LogP) is 5.41. The van der Waals surface area contributed by atoms with E-state index in [1.165, 1.54) is 11.3 Å². The fraction of sp³-hybridized carbons (Fsp3) is 0.286. The standard InChI is InChI=1S/C14H13Cl3O3S/c1-18-9-5-4-7(12(19-2)13(9)20-3)11(16)8-6-10(15)21-14(8)17/h4-6,11H,1-3H3. The fourth-order valence-electron chi connectivity index (χ4n) is 2.02. The Morgan fingerprint density at radius 3 is 2.10 bits per heavy atom. The van der Waals surface area contributed by atoms with Crippen molar-refractivity contribution in [3.63, 3.8) is 0 Å². The van der Waals surface area contributed by atoms with Crippen molar-refractivity contribution in [1.82, 2.24) is 0 Å². The second kappa shape index (κ2) is 6.97.